The van der Waals surface area contributed by atoms with E-state index in [4.69, 9.17) is 31.0 Å². The number of halogens is 1. The quantitative estimate of drug-likeness (QED) is 0.244. The minimum Gasteiger partial charge on any atom is -0.495 e. The van der Waals surface area contributed by atoms with Crippen molar-refractivity contribution in [2.45, 2.75) is 100 Å². The number of sulfonamides is 1. The highest BCUT2D eigenvalue weighted by Crippen LogP contribution is 2.48. The van der Waals surface area contributed by atoms with E-state index >= 15 is 0 Å². The van der Waals surface area contributed by atoms with E-state index in [0.717, 1.165) is 31.4 Å². The maximum Gasteiger partial charge on any atom is 0.318 e. The number of pyridine rings is 1. The van der Waals surface area contributed by atoms with Gasteiger partial charge in [0.2, 0.25) is 15.9 Å². The summed E-state index contributed by atoms with van der Waals surface area (Å²) in [5.74, 6) is -0.585. The molecule has 53 heavy (non-hydrogen) atoms. The Kier molecular flexibility index (Phi) is 10.1. The lowest BCUT2D eigenvalue weighted by molar-refractivity contribution is -0.131. The highest BCUT2D eigenvalue weighted by Gasteiger charge is 2.63. The first-order valence-electron chi connectivity index (χ1n) is 18.1. The van der Waals surface area contributed by atoms with Gasteiger partial charge in [0.25, 0.3) is 5.91 Å². The fourth-order valence-corrected chi connectivity index (χ4v) is 9.50. The molecule has 4 amide bonds. The fourth-order valence-electron chi connectivity index (χ4n) is 6.97. The van der Waals surface area contributed by atoms with Crippen LogP contribution in [0.3, 0.4) is 0 Å². The van der Waals surface area contributed by atoms with Crippen LogP contribution in [0.1, 0.15) is 83.7 Å². The summed E-state index contributed by atoms with van der Waals surface area (Å²) in [6.07, 6.45) is 7.83. The van der Waals surface area contributed by atoms with Crippen LogP contribution < -0.4 is 24.8 Å². The van der Waals surface area contributed by atoms with Gasteiger partial charge in [-0.25, -0.2) is 23.2 Å². The monoisotopic (exact) mass is 784 g/mol. The number of allylic oxidation sites excluding steroid dienone is 1. The normalized spacial score (nSPS) is 25.8. The summed E-state index contributed by atoms with van der Waals surface area (Å²) in [5.41, 5.74) is 0.488. The Bertz CT molecular complexity index is 2080. The van der Waals surface area contributed by atoms with Crippen molar-refractivity contribution in [3.63, 3.8) is 0 Å². The largest absolute Gasteiger partial charge is 0.495 e. The molecular formula is C37H45ClN6O7S2. The number of hydrogen-bond donors (Lipinski definition) is 3. The summed E-state index contributed by atoms with van der Waals surface area (Å²) in [4.78, 5) is 52.7. The third-order valence-electron chi connectivity index (χ3n) is 10.8. The minimum atomic E-state index is -3.95. The average molecular weight is 785 g/mol. The van der Waals surface area contributed by atoms with Gasteiger partial charge < -0.3 is 25.0 Å². The van der Waals surface area contributed by atoms with Gasteiger partial charge in [-0.3, -0.25) is 14.3 Å². The molecular weight excluding hydrogens is 740 g/mol. The number of nitrogens with zero attached hydrogens (tertiary/aromatic N) is 3. The summed E-state index contributed by atoms with van der Waals surface area (Å²) in [6.45, 7) is 6.26. The van der Waals surface area contributed by atoms with Crippen LogP contribution in [0.5, 0.6) is 11.5 Å². The number of urea groups is 1. The molecule has 0 unspecified atom stereocenters. The first-order valence-corrected chi connectivity index (χ1v) is 20.9. The van der Waals surface area contributed by atoms with Gasteiger partial charge in [0.1, 0.15) is 44.9 Å². The van der Waals surface area contributed by atoms with E-state index in [9.17, 15) is 22.8 Å². The molecule has 0 bridgehead atoms. The van der Waals surface area contributed by atoms with Crippen LogP contribution in [0.2, 0.25) is 5.02 Å². The molecule has 3 fully saturated rings. The number of aromatic nitrogens is 2. The Morgan fingerprint density at radius 2 is 1.94 bits per heavy atom. The van der Waals surface area contributed by atoms with Crippen molar-refractivity contribution in [1.29, 1.82) is 0 Å². The lowest BCUT2D eigenvalue weighted by Crippen LogP contribution is -2.57. The van der Waals surface area contributed by atoms with Gasteiger partial charge in [0.15, 0.2) is 0 Å². The molecule has 284 valence electrons. The number of fused-ring (bicyclic) bond motifs is 3. The number of rotatable bonds is 8. The molecule has 4 heterocycles. The van der Waals surface area contributed by atoms with Crippen LogP contribution in [0.25, 0.3) is 21.6 Å². The molecule has 1 aromatic carbocycles. The third-order valence-corrected chi connectivity index (χ3v) is 14.2. The molecule has 16 heteroatoms. The third kappa shape index (κ3) is 7.31. The van der Waals surface area contributed by atoms with Crippen molar-refractivity contribution in [1.82, 2.24) is 30.2 Å². The maximum absolute atomic E-state index is 14.2. The zero-order valence-corrected chi connectivity index (χ0v) is 32.6. The predicted molar refractivity (Wildman–Crippen MR) is 203 cm³/mol. The van der Waals surface area contributed by atoms with Crippen LogP contribution in [0.15, 0.2) is 35.7 Å². The number of nitrogens with one attached hydrogen (secondary N) is 3. The number of ether oxygens (including phenoxy) is 2. The van der Waals surface area contributed by atoms with Gasteiger partial charge >= 0.3 is 6.03 Å². The minimum absolute atomic E-state index is 0.0803. The van der Waals surface area contributed by atoms with Gasteiger partial charge in [-0.05, 0) is 63.5 Å². The van der Waals surface area contributed by atoms with Crippen molar-refractivity contribution in [2.24, 2.45) is 5.92 Å². The SMILES string of the molecule is COc1ccc2c(O[C@@H]3C[C@H]4C(=O)N[C@]5(C(=O)NS(=O)(=O)C6(C)CC6)C[C@H]5C=CCCCCCNC(=O)N4C3)cc(-c3nc(C(C)C)cs3)nc2c1Cl. The molecule has 0 radical (unpaired) electrons. The van der Waals surface area contributed by atoms with Crippen LogP contribution in [0, 0.1) is 5.92 Å². The first kappa shape index (κ1) is 37.4. The van der Waals surface area contributed by atoms with Crippen molar-refractivity contribution in [3.8, 4) is 22.2 Å². The Balaban J connectivity index is 1.20. The lowest BCUT2D eigenvalue weighted by Gasteiger charge is -2.27. The number of hydrogen-bond acceptors (Lipinski definition) is 10. The number of carbonyl (C=O) groups excluding carboxylic acids is 3. The molecule has 1 saturated heterocycles. The Morgan fingerprint density at radius 1 is 1.15 bits per heavy atom. The van der Waals surface area contributed by atoms with Gasteiger partial charge in [-0.15, -0.1) is 11.3 Å². The fraction of sp³-hybridized carbons (Fsp3) is 0.541. The van der Waals surface area contributed by atoms with Gasteiger partial charge in [0, 0.05) is 35.7 Å². The lowest BCUT2D eigenvalue weighted by atomic mass is 10.1. The van der Waals surface area contributed by atoms with Crippen molar-refractivity contribution in [2.75, 3.05) is 20.2 Å². The van der Waals surface area contributed by atoms with Crippen molar-refractivity contribution in [3.05, 3.63) is 46.4 Å². The van der Waals surface area contributed by atoms with Crippen LogP contribution in [-0.2, 0) is 19.6 Å². The molecule has 2 aliphatic heterocycles. The summed E-state index contributed by atoms with van der Waals surface area (Å²) in [6, 6.07) is 3.91. The number of carbonyl (C=O) groups is 3. The van der Waals surface area contributed by atoms with Crippen LogP contribution >= 0.6 is 22.9 Å². The summed E-state index contributed by atoms with van der Waals surface area (Å²) in [7, 11) is -2.42. The number of amides is 4. The zero-order valence-electron chi connectivity index (χ0n) is 30.2. The molecule has 7 rings (SSSR count). The van der Waals surface area contributed by atoms with Gasteiger partial charge in [-0.2, -0.15) is 0 Å². The molecule has 3 N–H and O–H groups in total. The van der Waals surface area contributed by atoms with Crippen LogP contribution in [-0.4, -0.2) is 83.8 Å². The zero-order chi connectivity index (χ0) is 37.7. The smallest absolute Gasteiger partial charge is 0.318 e. The Labute approximate surface area is 318 Å². The van der Waals surface area contributed by atoms with Gasteiger partial charge in [0.05, 0.1) is 29.6 Å². The second kappa shape index (κ2) is 14.4. The van der Waals surface area contributed by atoms with E-state index in [1.807, 2.05) is 17.5 Å². The first-order chi connectivity index (χ1) is 25.2. The number of benzene rings is 1. The van der Waals surface area contributed by atoms with E-state index in [1.54, 1.807) is 25.1 Å². The summed E-state index contributed by atoms with van der Waals surface area (Å²) in [5, 5.41) is 9.47. The van der Waals surface area contributed by atoms with Crippen molar-refractivity contribution < 1.29 is 32.3 Å². The Morgan fingerprint density at radius 3 is 2.66 bits per heavy atom. The van der Waals surface area contributed by atoms with E-state index in [0.29, 0.717) is 57.5 Å². The molecule has 2 saturated carbocycles. The number of methoxy groups -OCH3 is 1. The number of thiazole rings is 1. The van der Waals surface area contributed by atoms with E-state index in [1.165, 1.54) is 23.3 Å². The standard InChI is InChI=1S/C37H45ClN6O7S2/c1-21(2)26-20-52-33(41-26)25-17-29(24-11-12-28(50-4)30(38)31(24)40-25)51-23-16-27-32(45)42-37(34(46)43-53(48,49)36(3)13-14-36)18-22(37)10-8-6-5-7-9-15-39-35(47)44(27)19-23/h8,10-12,17,20-23,27H,5-7,9,13-16,18-19H2,1-4H3,(H,39,47)(H,42,45)(H,43,46)/t22-,23-,27+,37-/m1/s1. The average Bonchev–Trinajstić information content (AvgIpc) is 3.89. The van der Waals surface area contributed by atoms with Gasteiger partial charge in [-0.1, -0.05) is 44.0 Å². The van der Waals surface area contributed by atoms with Crippen LogP contribution in [0.4, 0.5) is 4.79 Å². The Hall–Kier alpha value is -3.95. The highest BCUT2D eigenvalue weighted by atomic mass is 35.5. The van der Waals surface area contributed by atoms with E-state index in [2.05, 4.69) is 29.2 Å². The second-order valence-corrected chi connectivity index (χ2v) is 18.5. The molecule has 13 nitrogen and oxygen atoms in total. The predicted octanol–water partition coefficient (Wildman–Crippen LogP) is 5.68. The topological polar surface area (TPSA) is 169 Å². The maximum atomic E-state index is 14.2. The second-order valence-electron chi connectivity index (χ2n) is 15.0. The summed E-state index contributed by atoms with van der Waals surface area (Å²) >= 11 is 8.25. The molecule has 4 aliphatic rings. The van der Waals surface area contributed by atoms with Crippen molar-refractivity contribution >= 4 is 61.7 Å². The van der Waals surface area contributed by atoms with E-state index in [-0.39, 0.29) is 31.2 Å². The molecule has 0 spiro atoms. The molecule has 3 aromatic rings. The highest BCUT2D eigenvalue weighted by molar-refractivity contribution is 7.91. The molecule has 4 atom stereocenters. The molecule has 2 aromatic heterocycles. The molecule has 2 aliphatic carbocycles. The van der Waals surface area contributed by atoms with E-state index < -0.39 is 50.3 Å². The summed E-state index contributed by atoms with van der Waals surface area (Å²) < 4.78 is 39.6.